The fourth-order valence-electron chi connectivity index (χ4n) is 1.87. The summed E-state index contributed by atoms with van der Waals surface area (Å²) < 4.78 is 0.167. The Morgan fingerprint density at radius 3 is 1.94 bits per heavy atom. The lowest BCUT2D eigenvalue weighted by molar-refractivity contribution is 0.725. The van der Waals surface area contributed by atoms with E-state index in [1.807, 2.05) is 0 Å². The lowest BCUT2D eigenvalue weighted by atomic mass is 9.94. The lowest BCUT2D eigenvalue weighted by Crippen LogP contribution is -2.16. The molecule has 0 heterocycles. The van der Waals surface area contributed by atoms with Crippen LogP contribution in [0.15, 0.2) is 60.7 Å². The maximum Gasteiger partial charge on any atom is 0.0482 e. The lowest BCUT2D eigenvalue weighted by Gasteiger charge is -2.23. The minimum atomic E-state index is 0.167. The Balaban J connectivity index is 2.21. The van der Waals surface area contributed by atoms with Crippen LogP contribution in [0.2, 0.25) is 0 Å². The highest BCUT2D eigenvalue weighted by Gasteiger charge is 2.22. The molecule has 0 aromatic heterocycles. The first-order chi connectivity index (χ1) is 7.68. The molecule has 1 unspecified atom stereocenters. The van der Waals surface area contributed by atoms with Gasteiger partial charge in [0.15, 0.2) is 0 Å². The molecule has 0 saturated carbocycles. The number of benzene rings is 2. The highest BCUT2D eigenvalue weighted by molar-refractivity contribution is 14.1. The van der Waals surface area contributed by atoms with Gasteiger partial charge in [-0.05, 0) is 24.5 Å². The number of alkyl halides is 1. The van der Waals surface area contributed by atoms with Crippen LogP contribution >= 0.6 is 22.6 Å². The van der Waals surface area contributed by atoms with Crippen molar-refractivity contribution in [2.45, 2.75) is 16.8 Å². The molecule has 2 aromatic rings. The van der Waals surface area contributed by atoms with E-state index < -0.39 is 0 Å². The van der Waals surface area contributed by atoms with E-state index in [1.54, 1.807) is 0 Å². The molecule has 0 radical (unpaired) electrons. The van der Waals surface area contributed by atoms with Gasteiger partial charge in [0.1, 0.15) is 0 Å². The molecule has 16 heavy (non-hydrogen) atoms. The van der Waals surface area contributed by atoms with Crippen molar-refractivity contribution in [3.63, 3.8) is 0 Å². The van der Waals surface area contributed by atoms with Gasteiger partial charge in [-0.25, -0.2) is 0 Å². The van der Waals surface area contributed by atoms with Gasteiger partial charge < -0.3 is 0 Å². The van der Waals surface area contributed by atoms with Crippen LogP contribution in [0.5, 0.6) is 0 Å². The maximum atomic E-state index is 2.55. The molecule has 0 aliphatic rings. The van der Waals surface area contributed by atoms with Gasteiger partial charge in [-0.3, -0.25) is 0 Å². The van der Waals surface area contributed by atoms with Gasteiger partial charge in [0.05, 0.1) is 0 Å². The minimum Gasteiger partial charge on any atom is -0.0736 e. The van der Waals surface area contributed by atoms with Crippen LogP contribution < -0.4 is 0 Å². The maximum absolute atomic E-state index is 2.55. The molecule has 0 N–H and O–H groups in total. The van der Waals surface area contributed by atoms with E-state index in [0.29, 0.717) is 0 Å². The molecule has 82 valence electrons. The van der Waals surface area contributed by atoms with E-state index in [0.717, 1.165) is 6.42 Å². The molecule has 0 aliphatic carbocycles. The zero-order chi connectivity index (χ0) is 11.4. The SMILES string of the molecule is CC(I)(Cc1ccccc1)c1ccccc1. The third-order valence-electron chi connectivity index (χ3n) is 2.75. The van der Waals surface area contributed by atoms with Gasteiger partial charge in [0.2, 0.25) is 0 Å². The summed E-state index contributed by atoms with van der Waals surface area (Å²) in [6, 6.07) is 21.4. The van der Waals surface area contributed by atoms with E-state index in [-0.39, 0.29) is 3.42 Å². The summed E-state index contributed by atoms with van der Waals surface area (Å²) in [4.78, 5) is 0. The second kappa shape index (κ2) is 5.00. The van der Waals surface area contributed by atoms with Crippen LogP contribution in [0.25, 0.3) is 0 Å². The standard InChI is InChI=1S/C15H15I/c1-15(16,14-10-6-3-7-11-14)12-13-8-4-2-5-9-13/h2-11H,12H2,1H3. The molecule has 1 heteroatoms. The van der Waals surface area contributed by atoms with Gasteiger partial charge >= 0.3 is 0 Å². The van der Waals surface area contributed by atoms with Crippen molar-refractivity contribution in [1.82, 2.24) is 0 Å². The van der Waals surface area contributed by atoms with E-state index >= 15 is 0 Å². The Kier molecular flexibility index (Phi) is 3.64. The average molecular weight is 322 g/mol. The first-order valence-corrected chi connectivity index (χ1v) is 6.55. The van der Waals surface area contributed by atoms with Crippen molar-refractivity contribution in [3.05, 3.63) is 71.8 Å². The molecule has 0 amide bonds. The predicted molar refractivity (Wildman–Crippen MR) is 78.0 cm³/mol. The van der Waals surface area contributed by atoms with Gasteiger partial charge in [0.25, 0.3) is 0 Å². The third kappa shape index (κ3) is 2.85. The topological polar surface area (TPSA) is 0 Å². The Morgan fingerprint density at radius 1 is 0.875 bits per heavy atom. The highest BCUT2D eigenvalue weighted by atomic mass is 127. The number of hydrogen-bond acceptors (Lipinski definition) is 0. The van der Waals surface area contributed by atoms with Gasteiger partial charge in [0, 0.05) is 3.42 Å². The molecule has 0 bridgehead atoms. The fraction of sp³-hybridized carbons (Fsp3) is 0.200. The molecule has 2 rings (SSSR count). The molecule has 2 aromatic carbocycles. The van der Waals surface area contributed by atoms with Gasteiger partial charge in [-0.15, -0.1) is 0 Å². The van der Waals surface area contributed by atoms with Crippen LogP contribution in [-0.4, -0.2) is 0 Å². The average Bonchev–Trinajstić information content (AvgIpc) is 2.31. The van der Waals surface area contributed by atoms with E-state index in [9.17, 15) is 0 Å². The summed E-state index contributed by atoms with van der Waals surface area (Å²) in [7, 11) is 0. The van der Waals surface area contributed by atoms with Crippen molar-refractivity contribution >= 4 is 22.6 Å². The van der Waals surface area contributed by atoms with Crippen molar-refractivity contribution in [3.8, 4) is 0 Å². The fourth-order valence-corrected chi connectivity index (χ4v) is 2.67. The monoisotopic (exact) mass is 322 g/mol. The number of hydrogen-bond donors (Lipinski definition) is 0. The molecule has 1 atom stereocenters. The third-order valence-corrected chi connectivity index (χ3v) is 3.76. The Morgan fingerprint density at radius 2 is 1.38 bits per heavy atom. The van der Waals surface area contributed by atoms with Crippen LogP contribution in [0.4, 0.5) is 0 Å². The van der Waals surface area contributed by atoms with Crippen molar-refractivity contribution in [2.24, 2.45) is 0 Å². The van der Waals surface area contributed by atoms with Gasteiger partial charge in [-0.2, -0.15) is 0 Å². The Hall–Kier alpha value is -0.830. The van der Waals surface area contributed by atoms with Crippen molar-refractivity contribution < 1.29 is 0 Å². The van der Waals surface area contributed by atoms with Crippen LogP contribution in [-0.2, 0) is 9.84 Å². The summed E-state index contributed by atoms with van der Waals surface area (Å²) in [5.74, 6) is 0. The van der Waals surface area contributed by atoms with Crippen LogP contribution in [0, 0.1) is 0 Å². The summed E-state index contributed by atoms with van der Waals surface area (Å²) in [5.41, 5.74) is 2.78. The molecule has 0 aliphatic heterocycles. The van der Waals surface area contributed by atoms with E-state index in [1.165, 1.54) is 11.1 Å². The smallest absolute Gasteiger partial charge is 0.0482 e. The second-order valence-electron chi connectivity index (χ2n) is 4.23. The van der Waals surface area contributed by atoms with E-state index in [2.05, 4.69) is 90.2 Å². The molecule has 0 saturated heterocycles. The van der Waals surface area contributed by atoms with Crippen LogP contribution in [0.3, 0.4) is 0 Å². The number of rotatable bonds is 3. The molecular formula is C15H15I. The quantitative estimate of drug-likeness (QED) is 0.573. The predicted octanol–water partition coefficient (Wildman–Crippen LogP) is 4.58. The summed E-state index contributed by atoms with van der Waals surface area (Å²) in [5, 5.41) is 0. The summed E-state index contributed by atoms with van der Waals surface area (Å²) in [6.45, 7) is 2.29. The largest absolute Gasteiger partial charge is 0.0736 e. The zero-order valence-corrected chi connectivity index (χ0v) is 11.5. The molecular weight excluding hydrogens is 307 g/mol. The van der Waals surface area contributed by atoms with Crippen LogP contribution in [0.1, 0.15) is 18.1 Å². The second-order valence-corrected chi connectivity index (χ2v) is 6.61. The van der Waals surface area contributed by atoms with Crippen molar-refractivity contribution in [2.75, 3.05) is 0 Å². The first kappa shape index (κ1) is 11.6. The highest BCUT2D eigenvalue weighted by Crippen LogP contribution is 2.34. The van der Waals surface area contributed by atoms with Crippen molar-refractivity contribution in [1.29, 1.82) is 0 Å². The summed E-state index contributed by atoms with van der Waals surface area (Å²) in [6.07, 6.45) is 1.07. The Labute approximate surface area is 111 Å². The zero-order valence-electron chi connectivity index (χ0n) is 9.36. The number of halogens is 1. The molecule has 0 spiro atoms. The molecule has 0 nitrogen and oxygen atoms in total. The van der Waals surface area contributed by atoms with Gasteiger partial charge in [-0.1, -0.05) is 83.3 Å². The van der Waals surface area contributed by atoms with E-state index in [4.69, 9.17) is 0 Å². The Bertz CT molecular complexity index is 432. The molecule has 0 fully saturated rings. The first-order valence-electron chi connectivity index (χ1n) is 5.47. The normalized spacial score (nSPS) is 14.4. The minimum absolute atomic E-state index is 0.167. The summed E-state index contributed by atoms with van der Waals surface area (Å²) >= 11 is 2.55.